The Morgan fingerprint density at radius 3 is 2.25 bits per heavy atom. The summed E-state index contributed by atoms with van der Waals surface area (Å²) in [7, 11) is 0. The van der Waals surface area contributed by atoms with Gasteiger partial charge in [0.25, 0.3) is 5.92 Å². The van der Waals surface area contributed by atoms with Gasteiger partial charge in [-0.15, -0.1) is 0 Å². The number of rotatable bonds is 5. The molecule has 9 heteroatoms. The number of alkyl halides is 5. The molecular formula is C11H10F5NO3. The molecule has 1 rings (SSSR count). The highest BCUT2D eigenvalue weighted by molar-refractivity contribution is 5.90. The van der Waals surface area contributed by atoms with Crippen LogP contribution in [-0.4, -0.2) is 35.3 Å². The van der Waals surface area contributed by atoms with Crippen LogP contribution in [0.3, 0.4) is 0 Å². The van der Waals surface area contributed by atoms with E-state index in [-0.39, 0.29) is 5.69 Å². The van der Waals surface area contributed by atoms with Gasteiger partial charge in [-0.25, -0.2) is 13.6 Å². The molecule has 0 aliphatic heterocycles. The van der Waals surface area contributed by atoms with Gasteiger partial charge >= 0.3 is 12.1 Å². The van der Waals surface area contributed by atoms with Crippen LogP contribution in [0.15, 0.2) is 18.2 Å². The second-order valence-corrected chi connectivity index (χ2v) is 3.93. The van der Waals surface area contributed by atoms with E-state index in [0.29, 0.717) is 12.1 Å². The number of hydrogen-bond acceptors (Lipinski definition) is 3. The second-order valence-electron chi connectivity index (χ2n) is 3.93. The molecule has 0 saturated carbocycles. The third-order valence-corrected chi connectivity index (χ3v) is 2.34. The number of nitrogens with one attached hydrogen (secondary N) is 1. The van der Waals surface area contributed by atoms with Crippen molar-refractivity contribution < 1.29 is 37.0 Å². The predicted octanol–water partition coefficient (Wildman–Crippen LogP) is 2.44. The van der Waals surface area contributed by atoms with Gasteiger partial charge in [0.05, 0.1) is 17.7 Å². The largest absolute Gasteiger partial charge is 0.478 e. The summed E-state index contributed by atoms with van der Waals surface area (Å²) < 4.78 is 63.5. The highest BCUT2D eigenvalue weighted by atomic mass is 19.4. The third-order valence-electron chi connectivity index (χ3n) is 2.34. The lowest BCUT2D eigenvalue weighted by Gasteiger charge is -2.17. The van der Waals surface area contributed by atoms with Crippen LogP contribution >= 0.6 is 0 Å². The summed E-state index contributed by atoms with van der Waals surface area (Å²) in [6, 6.07) is 2.04. The lowest BCUT2D eigenvalue weighted by molar-refractivity contribution is -0.138. The molecular weight excluding hydrogens is 289 g/mol. The van der Waals surface area contributed by atoms with Crippen LogP contribution in [-0.2, 0) is 6.18 Å². The van der Waals surface area contributed by atoms with Crippen molar-refractivity contribution in [1.29, 1.82) is 0 Å². The maximum Gasteiger partial charge on any atom is 0.417 e. The van der Waals surface area contributed by atoms with Gasteiger partial charge in [-0.05, 0) is 18.2 Å². The van der Waals surface area contributed by atoms with Gasteiger partial charge in [0, 0.05) is 5.69 Å². The minimum absolute atomic E-state index is 0.324. The summed E-state index contributed by atoms with van der Waals surface area (Å²) in [5, 5.41) is 19.0. The zero-order valence-electron chi connectivity index (χ0n) is 9.84. The van der Waals surface area contributed by atoms with E-state index in [1.165, 1.54) is 0 Å². The Morgan fingerprint density at radius 2 is 1.80 bits per heavy atom. The zero-order valence-corrected chi connectivity index (χ0v) is 9.84. The fourth-order valence-corrected chi connectivity index (χ4v) is 1.36. The molecule has 0 saturated heterocycles. The Bertz CT molecular complexity index is 501. The minimum Gasteiger partial charge on any atom is -0.478 e. The third kappa shape index (κ3) is 4.05. The van der Waals surface area contributed by atoms with Gasteiger partial charge in [-0.1, -0.05) is 0 Å². The quantitative estimate of drug-likeness (QED) is 0.730. The van der Waals surface area contributed by atoms with Gasteiger partial charge in [0.1, 0.15) is 6.61 Å². The number of carboxylic acid groups (broad SMARTS) is 1. The summed E-state index contributed by atoms with van der Waals surface area (Å²) in [4.78, 5) is 10.7. The molecule has 0 aliphatic rings. The van der Waals surface area contributed by atoms with Crippen LogP contribution in [0, 0.1) is 0 Å². The van der Waals surface area contributed by atoms with E-state index in [0.717, 1.165) is 6.07 Å². The molecule has 0 fully saturated rings. The Labute approximate surface area is 109 Å². The molecule has 0 aromatic heterocycles. The Kier molecular flexibility index (Phi) is 4.53. The molecule has 4 nitrogen and oxygen atoms in total. The summed E-state index contributed by atoms with van der Waals surface area (Å²) in [5.74, 6) is -5.27. The van der Waals surface area contributed by atoms with E-state index in [9.17, 15) is 26.7 Å². The Hall–Kier alpha value is -1.90. The van der Waals surface area contributed by atoms with Crippen molar-refractivity contribution in [3.8, 4) is 0 Å². The predicted molar refractivity (Wildman–Crippen MR) is 58.9 cm³/mol. The average Bonchev–Trinajstić information content (AvgIpc) is 2.35. The number of carbonyl (C=O) groups is 1. The molecule has 20 heavy (non-hydrogen) atoms. The fourth-order valence-electron chi connectivity index (χ4n) is 1.36. The van der Waals surface area contributed by atoms with E-state index in [2.05, 4.69) is 0 Å². The van der Waals surface area contributed by atoms with Crippen LogP contribution in [0.25, 0.3) is 0 Å². The van der Waals surface area contributed by atoms with Gasteiger partial charge < -0.3 is 15.5 Å². The lowest BCUT2D eigenvalue weighted by atomic mass is 10.1. The van der Waals surface area contributed by atoms with Crippen molar-refractivity contribution in [2.24, 2.45) is 0 Å². The van der Waals surface area contributed by atoms with Crippen LogP contribution in [0.4, 0.5) is 27.6 Å². The van der Waals surface area contributed by atoms with Crippen LogP contribution in [0.1, 0.15) is 15.9 Å². The first-order valence-corrected chi connectivity index (χ1v) is 5.24. The van der Waals surface area contributed by atoms with Gasteiger partial charge in [-0.2, -0.15) is 13.2 Å². The van der Waals surface area contributed by atoms with Crippen molar-refractivity contribution in [3.05, 3.63) is 29.3 Å². The number of hydrogen-bond donors (Lipinski definition) is 3. The van der Waals surface area contributed by atoms with Crippen LogP contribution < -0.4 is 5.32 Å². The van der Waals surface area contributed by atoms with E-state index in [1.807, 2.05) is 5.32 Å². The molecule has 0 unspecified atom stereocenters. The molecule has 0 bridgehead atoms. The van der Waals surface area contributed by atoms with Crippen LogP contribution in [0.2, 0.25) is 0 Å². The first-order chi connectivity index (χ1) is 9.07. The fraction of sp³-hybridized carbons (Fsp3) is 0.364. The molecule has 0 aliphatic carbocycles. The molecule has 0 heterocycles. The Balaban J connectivity index is 3.05. The number of aliphatic hydroxyl groups is 1. The highest BCUT2D eigenvalue weighted by Crippen LogP contribution is 2.34. The highest BCUT2D eigenvalue weighted by Gasteiger charge is 2.36. The molecule has 1 aromatic rings. The molecule has 0 spiro atoms. The number of benzene rings is 1. The van der Waals surface area contributed by atoms with Gasteiger partial charge in [-0.3, -0.25) is 0 Å². The molecule has 0 atom stereocenters. The molecule has 1 aromatic carbocycles. The van der Waals surface area contributed by atoms with Crippen molar-refractivity contribution in [2.75, 3.05) is 18.5 Å². The van der Waals surface area contributed by atoms with Crippen molar-refractivity contribution in [1.82, 2.24) is 0 Å². The molecule has 112 valence electrons. The topological polar surface area (TPSA) is 69.6 Å². The minimum atomic E-state index is -4.93. The lowest BCUT2D eigenvalue weighted by Crippen LogP contribution is -2.31. The molecule has 0 radical (unpaired) electrons. The van der Waals surface area contributed by atoms with Gasteiger partial charge in [0.15, 0.2) is 0 Å². The van der Waals surface area contributed by atoms with Crippen molar-refractivity contribution >= 4 is 11.7 Å². The molecule has 3 N–H and O–H groups in total. The first-order valence-electron chi connectivity index (χ1n) is 5.24. The smallest absolute Gasteiger partial charge is 0.417 e. The maximum absolute atomic E-state index is 12.8. The average molecular weight is 299 g/mol. The number of aliphatic hydroxyl groups excluding tert-OH is 1. The second kappa shape index (κ2) is 5.61. The zero-order chi connectivity index (χ0) is 15.6. The number of aromatic carboxylic acids is 1. The van der Waals surface area contributed by atoms with E-state index < -0.39 is 42.3 Å². The maximum atomic E-state index is 12.8. The van der Waals surface area contributed by atoms with Crippen molar-refractivity contribution in [2.45, 2.75) is 12.1 Å². The van der Waals surface area contributed by atoms with E-state index in [1.54, 1.807) is 0 Å². The number of carboxylic acids is 1. The molecule has 0 amide bonds. The monoisotopic (exact) mass is 299 g/mol. The SMILES string of the molecule is O=C(O)c1ccc(NCC(F)(F)CO)cc1C(F)(F)F. The Morgan fingerprint density at radius 1 is 1.20 bits per heavy atom. The number of halogens is 5. The summed E-state index contributed by atoms with van der Waals surface area (Å²) in [5.41, 5.74) is -2.74. The standard InChI is InChI=1S/C11H10F5NO3/c12-10(13,5-18)4-17-6-1-2-7(9(19)20)8(3-6)11(14,15)16/h1-3,17-18H,4-5H2,(H,19,20). The summed E-state index contributed by atoms with van der Waals surface area (Å²) in [6.07, 6.45) is -4.93. The summed E-state index contributed by atoms with van der Waals surface area (Å²) >= 11 is 0. The summed E-state index contributed by atoms with van der Waals surface area (Å²) in [6.45, 7) is -2.54. The first kappa shape index (κ1) is 16.2. The van der Waals surface area contributed by atoms with E-state index >= 15 is 0 Å². The normalized spacial score (nSPS) is 12.3. The van der Waals surface area contributed by atoms with Crippen molar-refractivity contribution in [3.63, 3.8) is 0 Å². The van der Waals surface area contributed by atoms with E-state index in [4.69, 9.17) is 10.2 Å². The number of anilines is 1. The van der Waals surface area contributed by atoms with Gasteiger partial charge in [0.2, 0.25) is 0 Å². The van der Waals surface area contributed by atoms with Crippen LogP contribution in [0.5, 0.6) is 0 Å².